The standard InChI is InChI=1S/C19H16N2O7/c22-14(10-3-5-13(6-4-10)21(26)27)9-28-15(23)8-20-18(24)16-11-1-2-12(7-11)17(16)19(20)25/h1-6,11-12,16-17H,7-9H2/t11-,12-,16-,17+/m0/s1. The first-order valence-electron chi connectivity index (χ1n) is 8.83. The lowest BCUT2D eigenvalue weighted by Gasteiger charge is -2.16. The number of nitro benzene ring substituents is 1. The largest absolute Gasteiger partial charge is 0.456 e. The molecule has 1 saturated heterocycles. The van der Waals surface area contributed by atoms with Crippen LogP contribution in [0, 0.1) is 33.8 Å². The second-order valence-electron chi connectivity index (χ2n) is 7.15. The van der Waals surface area contributed by atoms with E-state index in [0.29, 0.717) is 0 Å². The lowest BCUT2D eigenvalue weighted by molar-refractivity contribution is -0.384. The number of amides is 2. The van der Waals surface area contributed by atoms with Gasteiger partial charge in [-0.1, -0.05) is 12.2 Å². The van der Waals surface area contributed by atoms with Crippen LogP contribution in [0.25, 0.3) is 0 Å². The van der Waals surface area contributed by atoms with Crippen molar-refractivity contribution in [3.8, 4) is 0 Å². The smallest absolute Gasteiger partial charge is 0.326 e. The second-order valence-corrected chi connectivity index (χ2v) is 7.15. The molecule has 2 aliphatic carbocycles. The Kier molecular flexibility index (Phi) is 4.29. The van der Waals surface area contributed by atoms with E-state index in [1.54, 1.807) is 0 Å². The van der Waals surface area contributed by atoms with E-state index in [4.69, 9.17) is 4.74 Å². The molecule has 0 radical (unpaired) electrons. The molecule has 2 bridgehead atoms. The van der Waals surface area contributed by atoms with E-state index in [0.717, 1.165) is 11.3 Å². The van der Waals surface area contributed by atoms with Crippen molar-refractivity contribution in [3.05, 3.63) is 52.1 Å². The molecule has 28 heavy (non-hydrogen) atoms. The maximum Gasteiger partial charge on any atom is 0.326 e. The summed E-state index contributed by atoms with van der Waals surface area (Å²) in [5.74, 6) is -2.78. The van der Waals surface area contributed by atoms with Crippen molar-refractivity contribution < 1.29 is 28.8 Å². The molecule has 2 fully saturated rings. The number of ether oxygens (including phenoxy) is 1. The summed E-state index contributed by atoms with van der Waals surface area (Å²) in [6, 6.07) is 4.90. The predicted octanol–water partition coefficient (Wildman–Crippen LogP) is 1.13. The summed E-state index contributed by atoms with van der Waals surface area (Å²) >= 11 is 0. The summed E-state index contributed by atoms with van der Waals surface area (Å²) in [6.07, 6.45) is 4.72. The van der Waals surface area contributed by atoms with E-state index in [2.05, 4.69) is 0 Å². The van der Waals surface area contributed by atoms with Crippen LogP contribution in [0.3, 0.4) is 0 Å². The van der Waals surface area contributed by atoms with Gasteiger partial charge in [0.2, 0.25) is 11.8 Å². The molecule has 2 amide bonds. The second kappa shape index (κ2) is 6.66. The van der Waals surface area contributed by atoms with Crippen LogP contribution in [0.2, 0.25) is 0 Å². The zero-order valence-electron chi connectivity index (χ0n) is 14.6. The Morgan fingerprint density at radius 1 is 1.07 bits per heavy atom. The molecule has 1 aliphatic heterocycles. The molecule has 144 valence electrons. The van der Waals surface area contributed by atoms with Gasteiger partial charge in [0.25, 0.3) is 5.69 Å². The summed E-state index contributed by atoms with van der Waals surface area (Å²) in [5, 5.41) is 10.6. The fourth-order valence-corrected chi connectivity index (χ4v) is 4.29. The topological polar surface area (TPSA) is 124 Å². The van der Waals surface area contributed by atoms with Crippen LogP contribution in [0.15, 0.2) is 36.4 Å². The Hall–Kier alpha value is -3.36. The number of carbonyl (C=O) groups excluding carboxylic acids is 4. The normalized spacial score (nSPS) is 27.2. The number of non-ortho nitro benzene ring substituents is 1. The number of ketones is 1. The van der Waals surface area contributed by atoms with Crippen molar-refractivity contribution in [2.24, 2.45) is 23.7 Å². The summed E-state index contributed by atoms with van der Waals surface area (Å²) < 4.78 is 4.90. The van der Waals surface area contributed by atoms with Gasteiger partial charge < -0.3 is 4.74 Å². The molecule has 9 heteroatoms. The van der Waals surface area contributed by atoms with E-state index in [1.807, 2.05) is 12.2 Å². The Balaban J connectivity index is 1.32. The zero-order chi connectivity index (χ0) is 20.0. The van der Waals surface area contributed by atoms with Crippen LogP contribution >= 0.6 is 0 Å². The number of esters is 1. The fourth-order valence-electron chi connectivity index (χ4n) is 4.29. The number of nitrogens with zero attached hydrogens (tertiary/aromatic N) is 2. The molecular weight excluding hydrogens is 368 g/mol. The van der Waals surface area contributed by atoms with Gasteiger partial charge in [-0.25, -0.2) is 0 Å². The summed E-state index contributed by atoms with van der Waals surface area (Å²) in [4.78, 5) is 60.1. The molecule has 0 aromatic heterocycles. The summed E-state index contributed by atoms with van der Waals surface area (Å²) in [5.41, 5.74) is -0.00230. The maximum atomic E-state index is 12.5. The van der Waals surface area contributed by atoms with Gasteiger partial charge >= 0.3 is 5.97 Å². The number of carbonyl (C=O) groups is 4. The highest BCUT2D eigenvalue weighted by molar-refractivity contribution is 6.08. The van der Waals surface area contributed by atoms with Crippen LogP contribution in [-0.2, 0) is 19.1 Å². The van der Waals surface area contributed by atoms with Crippen molar-refractivity contribution >= 4 is 29.3 Å². The molecule has 1 saturated carbocycles. The molecule has 0 N–H and O–H groups in total. The number of hydrogen-bond acceptors (Lipinski definition) is 7. The molecular formula is C19H16N2O7. The zero-order valence-corrected chi connectivity index (χ0v) is 14.6. The average molecular weight is 384 g/mol. The molecule has 9 nitrogen and oxygen atoms in total. The third kappa shape index (κ3) is 2.88. The van der Waals surface area contributed by atoms with Crippen LogP contribution in [0.1, 0.15) is 16.8 Å². The predicted molar refractivity (Wildman–Crippen MR) is 92.8 cm³/mol. The SMILES string of the molecule is O=C(CN1C(=O)[C@@H]2[C@H](C1=O)[C@H]1C=C[C@H]2C1)OCC(=O)c1ccc([N+](=O)[O-])cc1. The Morgan fingerprint density at radius 3 is 2.18 bits per heavy atom. The number of Topliss-reactive ketones (excluding diaryl/α,β-unsaturated/α-hetero) is 1. The monoisotopic (exact) mass is 384 g/mol. The van der Waals surface area contributed by atoms with Crippen LogP contribution < -0.4 is 0 Å². The molecule has 4 atom stereocenters. The minimum absolute atomic E-state index is 0.0520. The highest BCUT2D eigenvalue weighted by Crippen LogP contribution is 2.52. The minimum atomic E-state index is -0.850. The Morgan fingerprint density at radius 2 is 1.64 bits per heavy atom. The van der Waals surface area contributed by atoms with Gasteiger partial charge in [0, 0.05) is 17.7 Å². The molecule has 4 rings (SSSR count). The molecule has 0 unspecified atom stereocenters. The third-order valence-electron chi connectivity index (χ3n) is 5.61. The van der Waals surface area contributed by atoms with E-state index >= 15 is 0 Å². The van der Waals surface area contributed by atoms with Crippen molar-refractivity contribution in [3.63, 3.8) is 0 Å². The van der Waals surface area contributed by atoms with Gasteiger partial charge in [0.15, 0.2) is 12.4 Å². The maximum absolute atomic E-state index is 12.5. The average Bonchev–Trinajstić information content (AvgIpc) is 3.36. The Bertz CT molecular complexity index is 891. The van der Waals surface area contributed by atoms with Gasteiger partial charge in [-0.2, -0.15) is 0 Å². The van der Waals surface area contributed by atoms with E-state index in [-0.39, 0.29) is 34.9 Å². The van der Waals surface area contributed by atoms with E-state index in [1.165, 1.54) is 24.3 Å². The molecule has 1 aromatic carbocycles. The summed E-state index contributed by atoms with van der Waals surface area (Å²) in [6.45, 7) is -1.09. The van der Waals surface area contributed by atoms with Crippen molar-refractivity contribution in [2.75, 3.05) is 13.2 Å². The number of rotatable bonds is 6. The lowest BCUT2D eigenvalue weighted by atomic mass is 9.85. The van der Waals surface area contributed by atoms with Crippen LogP contribution in [0.5, 0.6) is 0 Å². The highest BCUT2D eigenvalue weighted by atomic mass is 16.6. The highest BCUT2D eigenvalue weighted by Gasteiger charge is 2.59. The number of hydrogen-bond donors (Lipinski definition) is 0. The van der Waals surface area contributed by atoms with Crippen molar-refractivity contribution in [1.82, 2.24) is 4.90 Å². The van der Waals surface area contributed by atoms with Crippen molar-refractivity contribution in [2.45, 2.75) is 6.42 Å². The van der Waals surface area contributed by atoms with Gasteiger partial charge in [-0.15, -0.1) is 0 Å². The van der Waals surface area contributed by atoms with Gasteiger partial charge in [-0.05, 0) is 30.4 Å². The molecule has 1 aromatic rings. The molecule has 1 heterocycles. The number of benzene rings is 1. The number of imide groups is 1. The summed E-state index contributed by atoms with van der Waals surface area (Å²) in [7, 11) is 0. The van der Waals surface area contributed by atoms with Crippen LogP contribution in [0.4, 0.5) is 5.69 Å². The van der Waals surface area contributed by atoms with Gasteiger partial charge in [0.05, 0.1) is 16.8 Å². The van der Waals surface area contributed by atoms with Gasteiger partial charge in [-0.3, -0.25) is 34.2 Å². The van der Waals surface area contributed by atoms with Crippen LogP contribution in [-0.4, -0.2) is 46.5 Å². The number of nitro groups is 1. The van der Waals surface area contributed by atoms with Gasteiger partial charge in [0.1, 0.15) is 6.54 Å². The lowest BCUT2D eigenvalue weighted by Crippen LogP contribution is -2.38. The number of likely N-dealkylation sites (tertiary alicyclic amines) is 1. The first kappa shape index (κ1) is 18.0. The van der Waals surface area contributed by atoms with E-state index < -0.39 is 41.7 Å². The number of fused-ring (bicyclic) bond motifs is 5. The van der Waals surface area contributed by atoms with Crippen molar-refractivity contribution in [1.29, 1.82) is 0 Å². The third-order valence-corrected chi connectivity index (χ3v) is 5.61. The quantitative estimate of drug-likeness (QED) is 0.180. The van der Waals surface area contributed by atoms with E-state index in [9.17, 15) is 29.3 Å². The molecule has 3 aliphatic rings. The minimum Gasteiger partial charge on any atom is -0.456 e. The molecule has 0 spiro atoms. The Labute approximate surface area is 159 Å². The first-order chi connectivity index (χ1) is 13.4. The first-order valence-corrected chi connectivity index (χ1v) is 8.83. The fraction of sp³-hybridized carbons (Fsp3) is 0.368. The number of allylic oxidation sites excluding steroid dienone is 2.